The van der Waals surface area contributed by atoms with E-state index in [0.29, 0.717) is 59.1 Å². The van der Waals surface area contributed by atoms with Crippen LogP contribution in [-0.2, 0) is 11.2 Å². The van der Waals surface area contributed by atoms with Crippen LogP contribution in [0.2, 0.25) is 0 Å². The summed E-state index contributed by atoms with van der Waals surface area (Å²) in [5, 5.41) is 46.8. The fraction of sp³-hybridized carbons (Fsp3) is 0.324. The van der Waals surface area contributed by atoms with Gasteiger partial charge >= 0.3 is 0 Å². The molecule has 0 spiro atoms. The Kier molecular flexibility index (Phi) is 7.65. The van der Waals surface area contributed by atoms with Crippen LogP contribution in [0.1, 0.15) is 91.3 Å². The summed E-state index contributed by atoms with van der Waals surface area (Å²) in [5.41, 5.74) is 1.27. The lowest BCUT2D eigenvalue weighted by atomic mass is 9.71. The van der Waals surface area contributed by atoms with Crippen LogP contribution in [0.5, 0.6) is 11.5 Å². The molecule has 2 saturated carbocycles. The van der Waals surface area contributed by atoms with Crippen LogP contribution in [-0.4, -0.2) is 26.2 Å². The molecule has 2 aliphatic carbocycles. The van der Waals surface area contributed by atoms with E-state index in [9.17, 15) is 25.2 Å². The standard InChI is InChI=1S/C37H38O5/c38-29-19-17-27(33(36(41)21-9-3-10-22-36)31(29)25-13-5-1-6-14-25)35(40)28-18-20-30(39)32(26-15-7-2-8-16-26)34(28)37(42)23-11-4-12-24-37/h1-2,5-8,13-20,38-39,41-42H,3-4,9-12,21-24H2. The predicted molar refractivity (Wildman–Crippen MR) is 164 cm³/mol. The Labute approximate surface area is 247 Å². The smallest absolute Gasteiger partial charge is 0.193 e. The van der Waals surface area contributed by atoms with Crippen LogP contribution < -0.4 is 0 Å². The van der Waals surface area contributed by atoms with E-state index in [1.54, 1.807) is 12.1 Å². The van der Waals surface area contributed by atoms with Crippen molar-refractivity contribution in [2.75, 3.05) is 0 Å². The van der Waals surface area contributed by atoms with Crippen LogP contribution in [0.3, 0.4) is 0 Å². The first-order valence-corrected chi connectivity index (χ1v) is 15.2. The molecular weight excluding hydrogens is 524 g/mol. The van der Waals surface area contributed by atoms with Gasteiger partial charge in [0.2, 0.25) is 0 Å². The average Bonchev–Trinajstić information content (AvgIpc) is 3.02. The van der Waals surface area contributed by atoms with Crippen LogP contribution in [0.15, 0.2) is 84.9 Å². The minimum absolute atomic E-state index is 0.00793. The number of hydrogen-bond acceptors (Lipinski definition) is 5. The number of hydrogen-bond donors (Lipinski definition) is 4. The number of aliphatic hydroxyl groups is 2. The summed E-state index contributed by atoms with van der Waals surface area (Å²) < 4.78 is 0. The molecule has 5 nitrogen and oxygen atoms in total. The summed E-state index contributed by atoms with van der Waals surface area (Å²) in [7, 11) is 0. The number of phenols is 2. The third kappa shape index (κ3) is 5.01. The molecule has 0 heterocycles. The van der Waals surface area contributed by atoms with Crippen LogP contribution >= 0.6 is 0 Å². The zero-order valence-corrected chi connectivity index (χ0v) is 23.9. The summed E-state index contributed by atoms with van der Waals surface area (Å²) in [6.07, 6.45) is 7.20. The van der Waals surface area contributed by atoms with Crippen LogP contribution in [0, 0.1) is 0 Å². The van der Waals surface area contributed by atoms with E-state index in [1.807, 2.05) is 60.7 Å². The zero-order valence-electron chi connectivity index (χ0n) is 23.9. The summed E-state index contributed by atoms with van der Waals surface area (Å²) in [6, 6.07) is 25.1. The molecular formula is C37H38O5. The van der Waals surface area contributed by atoms with Crippen molar-refractivity contribution in [3.63, 3.8) is 0 Å². The highest BCUT2D eigenvalue weighted by molar-refractivity contribution is 6.13. The van der Waals surface area contributed by atoms with Crippen molar-refractivity contribution in [2.24, 2.45) is 0 Å². The fourth-order valence-corrected chi connectivity index (χ4v) is 7.24. The Morgan fingerprint density at radius 3 is 1.21 bits per heavy atom. The van der Waals surface area contributed by atoms with Gasteiger partial charge in [-0.15, -0.1) is 0 Å². The van der Waals surface area contributed by atoms with Crippen LogP contribution in [0.4, 0.5) is 0 Å². The molecule has 6 rings (SSSR count). The summed E-state index contributed by atoms with van der Waals surface area (Å²) >= 11 is 0. The highest BCUT2D eigenvalue weighted by Crippen LogP contribution is 2.50. The minimum atomic E-state index is -1.30. The lowest BCUT2D eigenvalue weighted by Crippen LogP contribution is -2.33. The van der Waals surface area contributed by atoms with Gasteiger partial charge in [-0.05, 0) is 61.1 Å². The van der Waals surface area contributed by atoms with Crippen molar-refractivity contribution in [3.05, 3.63) is 107 Å². The Balaban J connectivity index is 1.63. The lowest BCUT2D eigenvalue weighted by molar-refractivity contribution is -0.00150. The van der Waals surface area contributed by atoms with E-state index in [1.165, 1.54) is 12.1 Å². The van der Waals surface area contributed by atoms with Crippen LogP contribution in [0.25, 0.3) is 22.3 Å². The maximum Gasteiger partial charge on any atom is 0.193 e. The molecule has 2 aliphatic rings. The van der Waals surface area contributed by atoms with Gasteiger partial charge in [0.15, 0.2) is 5.78 Å². The Hall–Kier alpha value is -3.93. The molecule has 0 unspecified atom stereocenters. The van der Waals surface area contributed by atoms with Crippen molar-refractivity contribution >= 4 is 5.78 Å². The van der Waals surface area contributed by atoms with E-state index >= 15 is 0 Å². The molecule has 0 atom stereocenters. The summed E-state index contributed by atoms with van der Waals surface area (Å²) in [5.74, 6) is -0.325. The van der Waals surface area contributed by atoms with Crippen molar-refractivity contribution in [1.82, 2.24) is 0 Å². The van der Waals surface area contributed by atoms with Crippen molar-refractivity contribution in [1.29, 1.82) is 0 Å². The molecule has 0 bridgehead atoms. The van der Waals surface area contributed by atoms with Gasteiger partial charge in [-0.2, -0.15) is 0 Å². The molecule has 0 amide bonds. The third-order valence-corrected chi connectivity index (χ3v) is 9.27. The van der Waals surface area contributed by atoms with Gasteiger partial charge in [0, 0.05) is 33.4 Å². The topological polar surface area (TPSA) is 98.0 Å². The van der Waals surface area contributed by atoms with Gasteiger partial charge in [-0.3, -0.25) is 4.79 Å². The monoisotopic (exact) mass is 562 g/mol. The molecule has 0 aromatic heterocycles. The molecule has 0 saturated heterocycles. The average molecular weight is 563 g/mol. The van der Waals surface area contributed by atoms with E-state index in [4.69, 9.17) is 0 Å². The van der Waals surface area contributed by atoms with Gasteiger partial charge < -0.3 is 20.4 Å². The summed E-state index contributed by atoms with van der Waals surface area (Å²) in [4.78, 5) is 14.9. The predicted octanol–water partition coefficient (Wildman–Crippen LogP) is 7.97. The number of ketones is 1. The molecule has 4 N–H and O–H groups in total. The number of phenolic OH excluding ortho intramolecular Hbond substituents is 2. The van der Waals surface area contributed by atoms with E-state index < -0.39 is 11.2 Å². The highest BCUT2D eigenvalue weighted by atomic mass is 16.3. The number of carbonyl (C=O) groups excluding carboxylic acids is 1. The first-order valence-electron chi connectivity index (χ1n) is 15.2. The van der Waals surface area contributed by atoms with E-state index in [-0.39, 0.29) is 17.3 Å². The van der Waals surface area contributed by atoms with E-state index in [2.05, 4.69) is 0 Å². The quantitative estimate of drug-likeness (QED) is 0.179. The number of carbonyl (C=O) groups is 1. The number of benzene rings is 4. The van der Waals surface area contributed by atoms with Gasteiger partial charge in [-0.1, -0.05) is 99.2 Å². The van der Waals surface area contributed by atoms with Gasteiger partial charge in [0.1, 0.15) is 11.5 Å². The summed E-state index contributed by atoms with van der Waals surface area (Å²) in [6.45, 7) is 0. The Bertz CT molecular complexity index is 1460. The molecule has 4 aromatic rings. The van der Waals surface area contributed by atoms with Gasteiger partial charge in [0.05, 0.1) is 11.2 Å². The molecule has 0 radical (unpaired) electrons. The van der Waals surface area contributed by atoms with Crippen molar-refractivity contribution < 1.29 is 25.2 Å². The van der Waals surface area contributed by atoms with Crippen molar-refractivity contribution in [2.45, 2.75) is 75.4 Å². The van der Waals surface area contributed by atoms with Gasteiger partial charge in [0.25, 0.3) is 0 Å². The normalized spacial score (nSPS) is 18.0. The molecule has 5 heteroatoms. The number of rotatable bonds is 6. The van der Waals surface area contributed by atoms with Crippen molar-refractivity contribution in [3.8, 4) is 33.8 Å². The molecule has 0 aliphatic heterocycles. The second-order valence-electron chi connectivity index (χ2n) is 12.0. The highest BCUT2D eigenvalue weighted by Gasteiger charge is 2.41. The maximum absolute atomic E-state index is 14.9. The molecule has 216 valence electrons. The molecule has 2 fully saturated rings. The molecule has 4 aromatic carbocycles. The van der Waals surface area contributed by atoms with Gasteiger partial charge in [-0.25, -0.2) is 0 Å². The zero-order chi connectivity index (χ0) is 29.3. The first kappa shape index (κ1) is 28.2. The van der Waals surface area contributed by atoms with E-state index in [0.717, 1.165) is 49.7 Å². The molecule has 42 heavy (non-hydrogen) atoms. The fourth-order valence-electron chi connectivity index (χ4n) is 7.24. The Morgan fingerprint density at radius 1 is 0.500 bits per heavy atom. The minimum Gasteiger partial charge on any atom is -0.507 e. The lowest BCUT2D eigenvalue weighted by Gasteiger charge is -2.37. The third-order valence-electron chi connectivity index (χ3n) is 9.27. The second kappa shape index (κ2) is 11.4. The largest absolute Gasteiger partial charge is 0.507 e. The second-order valence-corrected chi connectivity index (χ2v) is 12.0. The maximum atomic E-state index is 14.9. The SMILES string of the molecule is O=C(c1ccc(O)c(-c2ccccc2)c1C1(O)CCCCC1)c1ccc(O)c(-c2ccccc2)c1C1(O)CCCCC1. The first-order chi connectivity index (χ1) is 20.3. The Morgan fingerprint density at radius 2 is 0.857 bits per heavy atom. The number of aromatic hydroxyl groups is 2.